The van der Waals surface area contributed by atoms with Gasteiger partial charge in [0, 0.05) is 25.5 Å². The molecule has 0 fully saturated rings. The zero-order chi connectivity index (χ0) is 15.2. The van der Waals surface area contributed by atoms with Gasteiger partial charge < -0.3 is 9.88 Å². The highest BCUT2D eigenvalue weighted by atomic mass is 16.2. The SMILES string of the molecule is Cc1ccc([C@H](C(=O)NCCn2cccc2)N(C)C)cc1. The molecule has 4 nitrogen and oxygen atoms in total. The molecule has 21 heavy (non-hydrogen) atoms. The minimum absolute atomic E-state index is 0.0380. The smallest absolute Gasteiger partial charge is 0.242 e. The van der Waals surface area contributed by atoms with E-state index in [1.54, 1.807) is 0 Å². The van der Waals surface area contributed by atoms with Crippen LogP contribution in [-0.4, -0.2) is 36.0 Å². The van der Waals surface area contributed by atoms with Crippen LogP contribution in [0.15, 0.2) is 48.8 Å². The van der Waals surface area contributed by atoms with Crippen molar-refractivity contribution < 1.29 is 4.79 Å². The molecule has 0 radical (unpaired) electrons. The van der Waals surface area contributed by atoms with Gasteiger partial charge in [-0.2, -0.15) is 0 Å². The number of carbonyl (C=O) groups excluding carboxylic acids is 1. The molecule has 0 aliphatic carbocycles. The molecule has 1 N–H and O–H groups in total. The quantitative estimate of drug-likeness (QED) is 0.883. The first-order valence-electron chi connectivity index (χ1n) is 7.19. The van der Waals surface area contributed by atoms with E-state index in [1.165, 1.54) is 5.56 Å². The molecule has 0 unspecified atom stereocenters. The number of aryl methyl sites for hydroxylation is 1. The number of benzene rings is 1. The Morgan fingerprint density at radius 1 is 1.19 bits per heavy atom. The molecule has 1 atom stereocenters. The number of aromatic nitrogens is 1. The maximum absolute atomic E-state index is 12.4. The maximum atomic E-state index is 12.4. The Hall–Kier alpha value is -2.07. The first-order chi connectivity index (χ1) is 10.1. The lowest BCUT2D eigenvalue weighted by Crippen LogP contribution is -2.38. The van der Waals surface area contributed by atoms with Gasteiger partial charge in [0.15, 0.2) is 0 Å². The van der Waals surface area contributed by atoms with Crippen molar-refractivity contribution in [1.82, 2.24) is 14.8 Å². The number of hydrogen-bond acceptors (Lipinski definition) is 2. The minimum Gasteiger partial charge on any atom is -0.353 e. The van der Waals surface area contributed by atoms with Crippen molar-refractivity contribution in [3.05, 3.63) is 59.9 Å². The Morgan fingerprint density at radius 3 is 2.38 bits per heavy atom. The molecule has 2 aromatic rings. The van der Waals surface area contributed by atoms with Gasteiger partial charge in [-0.1, -0.05) is 29.8 Å². The second-order valence-corrected chi connectivity index (χ2v) is 5.49. The standard InChI is InChI=1S/C17H23N3O/c1-14-6-8-15(9-7-14)16(19(2)3)17(21)18-10-13-20-11-4-5-12-20/h4-9,11-12,16H,10,13H2,1-3H3,(H,18,21)/t16-/m1/s1. The fraction of sp³-hybridized carbons (Fsp3) is 0.353. The Kier molecular flexibility index (Phi) is 5.17. The van der Waals surface area contributed by atoms with E-state index < -0.39 is 0 Å². The molecule has 0 saturated carbocycles. The Balaban J connectivity index is 1.97. The van der Waals surface area contributed by atoms with Gasteiger partial charge in [-0.3, -0.25) is 9.69 Å². The lowest BCUT2D eigenvalue weighted by Gasteiger charge is -2.24. The Morgan fingerprint density at radius 2 is 1.81 bits per heavy atom. The zero-order valence-electron chi connectivity index (χ0n) is 12.9. The average molecular weight is 285 g/mol. The molecule has 0 aliphatic rings. The molecule has 0 saturated heterocycles. The van der Waals surface area contributed by atoms with Crippen LogP contribution in [-0.2, 0) is 11.3 Å². The first-order valence-corrected chi connectivity index (χ1v) is 7.19. The molecule has 0 bridgehead atoms. The van der Waals surface area contributed by atoms with Gasteiger partial charge in [-0.15, -0.1) is 0 Å². The number of nitrogens with one attached hydrogen (secondary N) is 1. The second-order valence-electron chi connectivity index (χ2n) is 5.49. The summed E-state index contributed by atoms with van der Waals surface area (Å²) in [4.78, 5) is 14.4. The summed E-state index contributed by atoms with van der Waals surface area (Å²) in [5, 5.41) is 3.01. The van der Waals surface area contributed by atoms with Crippen LogP contribution < -0.4 is 5.32 Å². The van der Waals surface area contributed by atoms with Crippen molar-refractivity contribution in [3.63, 3.8) is 0 Å². The first kappa shape index (κ1) is 15.3. The van der Waals surface area contributed by atoms with Gasteiger partial charge in [-0.25, -0.2) is 0 Å². The van der Waals surface area contributed by atoms with E-state index in [9.17, 15) is 4.79 Å². The summed E-state index contributed by atoms with van der Waals surface area (Å²) in [6, 6.07) is 11.8. The number of carbonyl (C=O) groups is 1. The van der Waals surface area contributed by atoms with Gasteiger partial charge in [-0.05, 0) is 38.7 Å². The molecule has 112 valence electrons. The normalized spacial score (nSPS) is 12.4. The average Bonchev–Trinajstić information content (AvgIpc) is 2.94. The van der Waals surface area contributed by atoms with E-state index in [1.807, 2.05) is 74.7 Å². The molecule has 0 spiro atoms. The largest absolute Gasteiger partial charge is 0.353 e. The van der Waals surface area contributed by atoms with E-state index in [0.717, 1.165) is 12.1 Å². The monoisotopic (exact) mass is 285 g/mol. The molecule has 4 heteroatoms. The molecule has 0 aliphatic heterocycles. The van der Waals surface area contributed by atoms with E-state index >= 15 is 0 Å². The van der Waals surface area contributed by atoms with Crippen LogP contribution in [0.25, 0.3) is 0 Å². The number of hydrogen-bond donors (Lipinski definition) is 1. The Labute approximate surface area is 126 Å². The van der Waals surface area contributed by atoms with Crippen LogP contribution >= 0.6 is 0 Å². The van der Waals surface area contributed by atoms with Crippen molar-refractivity contribution in [2.75, 3.05) is 20.6 Å². The van der Waals surface area contributed by atoms with Crippen LogP contribution in [0.3, 0.4) is 0 Å². The van der Waals surface area contributed by atoms with Crippen molar-refractivity contribution in [2.24, 2.45) is 0 Å². The summed E-state index contributed by atoms with van der Waals surface area (Å²) in [6.07, 6.45) is 3.99. The van der Waals surface area contributed by atoms with Gasteiger partial charge in [0.1, 0.15) is 6.04 Å². The predicted octanol–water partition coefficient (Wildman–Crippen LogP) is 2.22. The van der Waals surface area contributed by atoms with Crippen LogP contribution in [0.5, 0.6) is 0 Å². The van der Waals surface area contributed by atoms with Crippen LogP contribution in [0.1, 0.15) is 17.2 Å². The zero-order valence-corrected chi connectivity index (χ0v) is 12.9. The van der Waals surface area contributed by atoms with Crippen molar-refractivity contribution in [2.45, 2.75) is 19.5 Å². The lowest BCUT2D eigenvalue weighted by molar-refractivity contribution is -0.125. The van der Waals surface area contributed by atoms with E-state index in [-0.39, 0.29) is 11.9 Å². The highest BCUT2D eigenvalue weighted by molar-refractivity contribution is 5.83. The second kappa shape index (κ2) is 7.09. The summed E-state index contributed by atoms with van der Waals surface area (Å²) in [7, 11) is 3.85. The van der Waals surface area contributed by atoms with E-state index in [0.29, 0.717) is 6.54 Å². The van der Waals surface area contributed by atoms with Gasteiger partial charge >= 0.3 is 0 Å². The molecular formula is C17H23N3O. The third-order valence-electron chi connectivity index (χ3n) is 3.49. The third kappa shape index (κ3) is 4.20. The predicted molar refractivity (Wildman–Crippen MR) is 85.0 cm³/mol. The summed E-state index contributed by atoms with van der Waals surface area (Å²) in [5.74, 6) is 0.0380. The fourth-order valence-electron chi connectivity index (χ4n) is 2.36. The minimum atomic E-state index is -0.254. The summed E-state index contributed by atoms with van der Waals surface area (Å²) < 4.78 is 2.05. The van der Waals surface area contributed by atoms with E-state index in [4.69, 9.17) is 0 Å². The van der Waals surface area contributed by atoms with Crippen molar-refractivity contribution in [3.8, 4) is 0 Å². The van der Waals surface area contributed by atoms with Crippen molar-refractivity contribution >= 4 is 5.91 Å². The van der Waals surface area contributed by atoms with Crippen molar-refractivity contribution in [1.29, 1.82) is 0 Å². The molecular weight excluding hydrogens is 262 g/mol. The highest BCUT2D eigenvalue weighted by Crippen LogP contribution is 2.18. The van der Waals surface area contributed by atoms with Gasteiger partial charge in [0.25, 0.3) is 0 Å². The van der Waals surface area contributed by atoms with Crippen LogP contribution in [0.4, 0.5) is 0 Å². The maximum Gasteiger partial charge on any atom is 0.242 e. The third-order valence-corrected chi connectivity index (χ3v) is 3.49. The number of amides is 1. The molecule has 2 rings (SSSR count). The number of likely N-dealkylation sites (N-methyl/N-ethyl adjacent to an activating group) is 1. The number of rotatable bonds is 6. The Bertz CT molecular complexity index is 558. The van der Waals surface area contributed by atoms with Gasteiger partial charge in [0.05, 0.1) is 0 Å². The van der Waals surface area contributed by atoms with Crippen LogP contribution in [0, 0.1) is 6.92 Å². The summed E-state index contributed by atoms with van der Waals surface area (Å²) >= 11 is 0. The van der Waals surface area contributed by atoms with Gasteiger partial charge in [0.2, 0.25) is 5.91 Å². The number of nitrogens with zero attached hydrogens (tertiary/aromatic N) is 2. The van der Waals surface area contributed by atoms with E-state index in [2.05, 4.69) is 9.88 Å². The lowest BCUT2D eigenvalue weighted by atomic mass is 10.0. The highest BCUT2D eigenvalue weighted by Gasteiger charge is 2.22. The summed E-state index contributed by atoms with van der Waals surface area (Å²) in [5.41, 5.74) is 2.22. The molecule has 1 aromatic carbocycles. The molecule has 1 aromatic heterocycles. The topological polar surface area (TPSA) is 37.3 Å². The molecule has 1 amide bonds. The molecule has 1 heterocycles. The summed E-state index contributed by atoms with van der Waals surface area (Å²) in [6.45, 7) is 3.46. The van der Waals surface area contributed by atoms with Crippen LogP contribution in [0.2, 0.25) is 0 Å². The fourth-order valence-corrected chi connectivity index (χ4v) is 2.36.